The number of nitrogens with one attached hydrogen (secondary N) is 1. The van der Waals surface area contributed by atoms with E-state index in [9.17, 15) is 4.79 Å². The largest absolute Gasteiger partial charge is 0.399 e. The van der Waals surface area contributed by atoms with Crippen molar-refractivity contribution in [3.8, 4) is 0 Å². The van der Waals surface area contributed by atoms with Crippen molar-refractivity contribution in [1.29, 1.82) is 0 Å². The highest BCUT2D eigenvalue weighted by Crippen LogP contribution is 2.17. The summed E-state index contributed by atoms with van der Waals surface area (Å²) in [6, 6.07) is 5.37. The van der Waals surface area contributed by atoms with E-state index in [-0.39, 0.29) is 18.1 Å². The van der Waals surface area contributed by atoms with E-state index >= 15 is 0 Å². The van der Waals surface area contributed by atoms with Gasteiger partial charge in [0, 0.05) is 17.9 Å². The minimum absolute atomic E-state index is 0.0397. The monoisotopic (exact) mass is 248 g/mol. The molecule has 4 nitrogen and oxygen atoms in total. The van der Waals surface area contributed by atoms with E-state index in [4.69, 9.17) is 10.5 Å². The fraction of sp³-hybridized carbons (Fsp3) is 0.500. The Balaban J connectivity index is 2.00. The number of aryl methyl sites for hydroxylation is 1. The highest BCUT2D eigenvalue weighted by atomic mass is 16.5. The molecule has 1 fully saturated rings. The molecule has 1 saturated heterocycles. The summed E-state index contributed by atoms with van der Waals surface area (Å²) in [5.41, 5.74) is 8.01. The zero-order chi connectivity index (χ0) is 13.1. The van der Waals surface area contributed by atoms with Crippen molar-refractivity contribution in [2.75, 3.05) is 12.3 Å². The van der Waals surface area contributed by atoms with Crippen molar-refractivity contribution in [3.63, 3.8) is 0 Å². The van der Waals surface area contributed by atoms with Gasteiger partial charge in [-0.3, -0.25) is 4.79 Å². The maximum atomic E-state index is 12.1. The van der Waals surface area contributed by atoms with Gasteiger partial charge in [-0.15, -0.1) is 0 Å². The Labute approximate surface area is 108 Å². The van der Waals surface area contributed by atoms with Gasteiger partial charge >= 0.3 is 0 Å². The average Bonchev–Trinajstić information content (AvgIpc) is 2.86. The Morgan fingerprint density at radius 3 is 2.94 bits per heavy atom. The van der Waals surface area contributed by atoms with Crippen LogP contribution in [0.2, 0.25) is 0 Å². The van der Waals surface area contributed by atoms with Crippen LogP contribution in [0.15, 0.2) is 18.2 Å². The first-order valence-corrected chi connectivity index (χ1v) is 6.36. The molecule has 1 heterocycles. The second-order valence-corrected chi connectivity index (χ2v) is 4.88. The molecule has 1 aromatic carbocycles. The van der Waals surface area contributed by atoms with Crippen molar-refractivity contribution in [3.05, 3.63) is 29.3 Å². The summed E-state index contributed by atoms with van der Waals surface area (Å²) in [5, 5.41) is 2.98. The summed E-state index contributed by atoms with van der Waals surface area (Å²) < 4.78 is 5.56. The molecule has 2 rings (SSSR count). The van der Waals surface area contributed by atoms with Crippen molar-refractivity contribution >= 4 is 11.6 Å². The Morgan fingerprint density at radius 2 is 2.33 bits per heavy atom. The number of ether oxygens (including phenoxy) is 1. The molecular formula is C14H20N2O2. The molecule has 1 aliphatic rings. The minimum atomic E-state index is -0.0684. The smallest absolute Gasteiger partial charge is 0.251 e. The quantitative estimate of drug-likeness (QED) is 0.803. The molecule has 2 unspecified atom stereocenters. The Hall–Kier alpha value is -1.55. The molecule has 0 aromatic heterocycles. The van der Waals surface area contributed by atoms with Crippen molar-refractivity contribution in [2.24, 2.45) is 0 Å². The first-order valence-electron chi connectivity index (χ1n) is 6.36. The van der Waals surface area contributed by atoms with Gasteiger partial charge in [-0.1, -0.05) is 0 Å². The second-order valence-electron chi connectivity index (χ2n) is 4.88. The third-order valence-electron chi connectivity index (χ3n) is 3.41. The van der Waals surface area contributed by atoms with Crippen LogP contribution >= 0.6 is 0 Å². The lowest BCUT2D eigenvalue weighted by molar-refractivity contribution is 0.0712. The molecule has 1 aliphatic heterocycles. The zero-order valence-electron chi connectivity index (χ0n) is 10.9. The van der Waals surface area contributed by atoms with Gasteiger partial charge in [0.05, 0.1) is 12.1 Å². The number of carbonyl (C=O) groups is 1. The van der Waals surface area contributed by atoms with Crippen LogP contribution in [0.5, 0.6) is 0 Å². The SMILES string of the molecule is Cc1cc(C(=O)NC(C)C2CCCO2)ccc1N. The molecule has 0 radical (unpaired) electrons. The van der Waals surface area contributed by atoms with Crippen LogP contribution in [-0.2, 0) is 4.74 Å². The Bertz CT molecular complexity index is 439. The lowest BCUT2D eigenvalue weighted by atomic mass is 10.1. The van der Waals surface area contributed by atoms with Gasteiger partial charge in [0.15, 0.2) is 0 Å². The summed E-state index contributed by atoms with van der Waals surface area (Å²) in [7, 11) is 0. The summed E-state index contributed by atoms with van der Waals surface area (Å²) in [6.45, 7) is 4.68. The van der Waals surface area contributed by atoms with Crippen molar-refractivity contribution in [2.45, 2.75) is 38.8 Å². The Morgan fingerprint density at radius 1 is 1.56 bits per heavy atom. The zero-order valence-corrected chi connectivity index (χ0v) is 10.9. The third kappa shape index (κ3) is 2.82. The summed E-state index contributed by atoms with van der Waals surface area (Å²) >= 11 is 0. The van der Waals surface area contributed by atoms with Gasteiger partial charge in [0.25, 0.3) is 5.91 Å². The number of amides is 1. The van der Waals surface area contributed by atoms with E-state index < -0.39 is 0 Å². The van der Waals surface area contributed by atoms with Crippen LogP contribution < -0.4 is 11.1 Å². The number of carbonyl (C=O) groups excluding carboxylic acids is 1. The summed E-state index contributed by atoms with van der Waals surface area (Å²) in [4.78, 5) is 12.1. The second kappa shape index (κ2) is 5.40. The molecule has 1 aromatic rings. The number of hydrogen-bond donors (Lipinski definition) is 2. The van der Waals surface area contributed by atoms with E-state index in [1.807, 2.05) is 19.9 Å². The molecule has 0 aliphatic carbocycles. The maximum Gasteiger partial charge on any atom is 0.251 e. The third-order valence-corrected chi connectivity index (χ3v) is 3.41. The van der Waals surface area contributed by atoms with Crippen molar-refractivity contribution < 1.29 is 9.53 Å². The molecule has 1 amide bonds. The average molecular weight is 248 g/mol. The Kier molecular flexibility index (Phi) is 3.87. The first-order chi connectivity index (χ1) is 8.58. The molecule has 3 N–H and O–H groups in total. The molecule has 98 valence electrons. The van der Waals surface area contributed by atoms with Crippen LogP contribution in [0, 0.1) is 6.92 Å². The summed E-state index contributed by atoms with van der Waals surface area (Å²) in [5.74, 6) is -0.0684. The van der Waals surface area contributed by atoms with Gasteiger partial charge < -0.3 is 15.8 Å². The van der Waals surface area contributed by atoms with Gasteiger partial charge in [0.2, 0.25) is 0 Å². The highest BCUT2D eigenvalue weighted by molar-refractivity contribution is 5.95. The number of nitrogen functional groups attached to an aromatic ring is 1. The predicted octanol–water partition coefficient (Wildman–Crippen LogP) is 1.87. The predicted molar refractivity (Wildman–Crippen MR) is 71.5 cm³/mol. The number of nitrogens with two attached hydrogens (primary N) is 1. The van der Waals surface area contributed by atoms with E-state index in [2.05, 4.69) is 5.32 Å². The van der Waals surface area contributed by atoms with Crippen LogP contribution in [0.25, 0.3) is 0 Å². The van der Waals surface area contributed by atoms with Crippen LogP contribution in [-0.4, -0.2) is 24.7 Å². The van der Waals surface area contributed by atoms with Gasteiger partial charge in [-0.05, 0) is 50.5 Å². The molecule has 0 spiro atoms. The van der Waals surface area contributed by atoms with Crippen LogP contribution in [0.4, 0.5) is 5.69 Å². The van der Waals surface area contributed by atoms with Gasteiger partial charge in [-0.25, -0.2) is 0 Å². The normalized spacial score (nSPS) is 20.7. The highest BCUT2D eigenvalue weighted by Gasteiger charge is 2.23. The number of rotatable bonds is 3. The first kappa shape index (κ1) is 12.9. The van der Waals surface area contributed by atoms with E-state index in [1.54, 1.807) is 12.1 Å². The molecule has 0 bridgehead atoms. The van der Waals surface area contributed by atoms with Crippen LogP contribution in [0.3, 0.4) is 0 Å². The summed E-state index contributed by atoms with van der Waals surface area (Å²) in [6.07, 6.45) is 2.23. The fourth-order valence-electron chi connectivity index (χ4n) is 2.20. The number of benzene rings is 1. The number of hydrogen-bond acceptors (Lipinski definition) is 3. The lowest BCUT2D eigenvalue weighted by Crippen LogP contribution is -2.40. The number of anilines is 1. The molecule has 18 heavy (non-hydrogen) atoms. The molecular weight excluding hydrogens is 228 g/mol. The van der Waals surface area contributed by atoms with Gasteiger partial charge in [-0.2, -0.15) is 0 Å². The van der Waals surface area contributed by atoms with E-state index in [1.165, 1.54) is 0 Å². The molecule has 4 heteroatoms. The van der Waals surface area contributed by atoms with Gasteiger partial charge in [0.1, 0.15) is 0 Å². The van der Waals surface area contributed by atoms with Crippen molar-refractivity contribution in [1.82, 2.24) is 5.32 Å². The fourth-order valence-corrected chi connectivity index (χ4v) is 2.20. The van der Waals surface area contributed by atoms with Crippen LogP contribution in [0.1, 0.15) is 35.7 Å². The minimum Gasteiger partial charge on any atom is -0.399 e. The maximum absolute atomic E-state index is 12.1. The molecule has 0 saturated carbocycles. The lowest BCUT2D eigenvalue weighted by Gasteiger charge is -2.20. The standard InChI is InChI=1S/C14H20N2O2/c1-9-8-11(5-6-12(9)15)14(17)16-10(2)13-4-3-7-18-13/h5-6,8,10,13H,3-4,7,15H2,1-2H3,(H,16,17). The van der Waals surface area contributed by atoms with E-state index in [0.717, 1.165) is 25.0 Å². The molecule has 2 atom stereocenters. The van der Waals surface area contributed by atoms with E-state index in [0.29, 0.717) is 11.3 Å². The topological polar surface area (TPSA) is 64.3 Å².